The van der Waals surface area contributed by atoms with E-state index in [4.69, 9.17) is 4.74 Å². The number of aliphatic hydroxyl groups excluding tert-OH is 1. The average Bonchev–Trinajstić information content (AvgIpc) is 1.61. The SMILES string of the molecule is Cc1ncsc1-c1ccc(CNC(=O)[C@@H]2C[C@@H](O)CN2C(=O)[C@@H](NC(=O)CCOCCNC(=O)CCC(=O)N2CCN(c3ncc(-c4cc(NC(=O)c5c[nH]c(=O)cc5C(F)(F)F)c(N5C[C@@H](C)N(C)[C@@H](C)C5)cc4F)cn3)CC2)C(C)(C)C)cc1. The summed E-state index contributed by atoms with van der Waals surface area (Å²) in [7, 11) is 1.95. The van der Waals surface area contributed by atoms with Gasteiger partial charge in [0.25, 0.3) is 5.91 Å². The van der Waals surface area contributed by atoms with Crippen LogP contribution in [-0.2, 0) is 41.4 Å². The number of benzene rings is 2. The number of aliphatic hydroxyl groups is 1. The number of nitrogens with one attached hydrogen (secondary N) is 5. The number of likely N-dealkylation sites (tertiary alicyclic amines) is 1. The highest BCUT2D eigenvalue weighted by Crippen LogP contribution is 2.38. The summed E-state index contributed by atoms with van der Waals surface area (Å²) in [6.07, 6.45) is -2.65. The molecule has 3 aliphatic heterocycles. The Kier molecular flexibility index (Phi) is 20.6. The number of pyridine rings is 1. The van der Waals surface area contributed by atoms with Crippen molar-refractivity contribution in [2.75, 3.05) is 87.7 Å². The molecule has 6 heterocycles. The smallest absolute Gasteiger partial charge is 0.391 e. The van der Waals surface area contributed by atoms with Crippen molar-refractivity contribution in [3.63, 3.8) is 0 Å². The van der Waals surface area contributed by atoms with Gasteiger partial charge in [0.1, 0.15) is 17.9 Å². The third kappa shape index (κ3) is 15.9. The van der Waals surface area contributed by atoms with Crippen molar-refractivity contribution in [1.29, 1.82) is 0 Å². The number of nitrogens with zero attached hydrogens (tertiary/aromatic N) is 8. The molecule has 6 amide bonds. The van der Waals surface area contributed by atoms with Crippen LogP contribution < -0.4 is 36.6 Å². The maximum atomic E-state index is 16.2. The number of alkyl halides is 3. The van der Waals surface area contributed by atoms with Crippen molar-refractivity contribution in [2.24, 2.45) is 5.41 Å². The first-order chi connectivity index (χ1) is 40.7. The number of hydrogen-bond donors (Lipinski definition) is 6. The Balaban J connectivity index is 0.757. The molecule has 8 rings (SSSR count). The van der Waals surface area contributed by atoms with Gasteiger partial charge in [-0.2, -0.15) is 13.2 Å². The third-order valence-electron chi connectivity index (χ3n) is 15.7. The summed E-state index contributed by atoms with van der Waals surface area (Å²) in [5.41, 5.74) is 1.01. The Labute approximate surface area is 499 Å². The van der Waals surface area contributed by atoms with Gasteiger partial charge in [0.05, 0.1) is 57.9 Å². The molecular formula is C59H73F4N13O9S. The summed E-state index contributed by atoms with van der Waals surface area (Å²) in [5, 5.41) is 21.6. The van der Waals surface area contributed by atoms with Crippen LogP contribution in [0.1, 0.15) is 87.5 Å². The number of anilines is 3. The molecule has 0 bridgehead atoms. The Hall–Kier alpha value is -7.88. The number of amides is 6. The second-order valence-electron chi connectivity index (χ2n) is 23.0. The Morgan fingerprint density at radius 1 is 0.849 bits per heavy atom. The highest BCUT2D eigenvalue weighted by atomic mass is 32.1. The third-order valence-corrected chi connectivity index (χ3v) is 16.7. The molecule has 0 radical (unpaired) electrons. The predicted molar refractivity (Wildman–Crippen MR) is 314 cm³/mol. The second-order valence-corrected chi connectivity index (χ2v) is 23.8. The first-order valence-corrected chi connectivity index (χ1v) is 29.3. The molecule has 5 atom stereocenters. The van der Waals surface area contributed by atoms with Crippen molar-refractivity contribution in [2.45, 2.75) is 110 Å². The van der Waals surface area contributed by atoms with E-state index in [2.05, 4.69) is 46.1 Å². The molecule has 0 aliphatic carbocycles. The van der Waals surface area contributed by atoms with Gasteiger partial charge in [-0.1, -0.05) is 45.0 Å². The fraction of sp³-hybridized carbons (Fsp3) is 0.492. The van der Waals surface area contributed by atoms with Crippen LogP contribution in [-0.4, -0.2) is 178 Å². The van der Waals surface area contributed by atoms with Gasteiger partial charge in [-0.05, 0) is 56.5 Å². The molecule has 462 valence electrons. The van der Waals surface area contributed by atoms with E-state index in [0.29, 0.717) is 57.5 Å². The van der Waals surface area contributed by atoms with Crippen molar-refractivity contribution >= 4 is 64.1 Å². The lowest BCUT2D eigenvalue weighted by atomic mass is 9.85. The molecule has 2 aromatic carbocycles. The molecule has 0 saturated carbocycles. The monoisotopic (exact) mass is 1220 g/mol. The van der Waals surface area contributed by atoms with Gasteiger partial charge < -0.3 is 55.7 Å². The minimum Gasteiger partial charge on any atom is -0.391 e. The van der Waals surface area contributed by atoms with Crippen molar-refractivity contribution in [3.05, 3.63) is 105 Å². The molecule has 22 nitrogen and oxygen atoms in total. The molecule has 6 N–H and O–H groups in total. The highest BCUT2D eigenvalue weighted by molar-refractivity contribution is 7.13. The van der Waals surface area contributed by atoms with Crippen LogP contribution in [0.4, 0.5) is 34.9 Å². The molecule has 0 unspecified atom stereocenters. The van der Waals surface area contributed by atoms with Crippen molar-refractivity contribution < 1.29 is 56.2 Å². The lowest BCUT2D eigenvalue weighted by molar-refractivity contribution is -0.144. The quantitative estimate of drug-likeness (QED) is 0.0444. The number of thiazole rings is 1. The molecule has 3 aliphatic rings. The summed E-state index contributed by atoms with van der Waals surface area (Å²) in [4.78, 5) is 117. The van der Waals surface area contributed by atoms with Crippen LogP contribution in [0.15, 0.2) is 71.4 Å². The Morgan fingerprint density at radius 2 is 1.53 bits per heavy atom. The van der Waals surface area contributed by atoms with Gasteiger partial charge in [0.2, 0.25) is 41.0 Å². The Bertz CT molecular complexity index is 3300. The van der Waals surface area contributed by atoms with Crippen LogP contribution in [0.25, 0.3) is 21.6 Å². The number of halogens is 4. The van der Waals surface area contributed by atoms with Gasteiger partial charge in [0, 0.05) is 132 Å². The summed E-state index contributed by atoms with van der Waals surface area (Å²) in [5.74, 6) is -3.55. The number of aromatic nitrogens is 4. The molecule has 86 heavy (non-hydrogen) atoms. The number of β-amino-alcohol motifs (C(OH)–C–C–N with tert-alkyl or cyclic N) is 1. The number of aromatic amines is 1. The van der Waals surface area contributed by atoms with Gasteiger partial charge in [0.15, 0.2) is 0 Å². The van der Waals surface area contributed by atoms with E-state index < -0.39 is 75.9 Å². The molecule has 5 aromatic rings. The van der Waals surface area contributed by atoms with Gasteiger partial charge in [-0.25, -0.2) is 19.3 Å². The largest absolute Gasteiger partial charge is 0.417 e. The van der Waals surface area contributed by atoms with Crippen LogP contribution in [0.5, 0.6) is 0 Å². The zero-order chi connectivity index (χ0) is 62.2. The molecule has 3 fully saturated rings. The lowest BCUT2D eigenvalue weighted by Gasteiger charge is -2.44. The maximum absolute atomic E-state index is 16.2. The van der Waals surface area contributed by atoms with E-state index in [-0.39, 0.29) is 105 Å². The Morgan fingerprint density at radius 3 is 2.17 bits per heavy atom. The van der Waals surface area contributed by atoms with Gasteiger partial charge in [-0.3, -0.25) is 38.5 Å². The minimum absolute atomic E-state index is 0.00621. The molecule has 0 spiro atoms. The van der Waals surface area contributed by atoms with Crippen molar-refractivity contribution in [3.8, 4) is 21.6 Å². The summed E-state index contributed by atoms with van der Waals surface area (Å²) in [6, 6.07) is 8.65. The topological polar surface area (TPSA) is 268 Å². The summed E-state index contributed by atoms with van der Waals surface area (Å²) >= 11 is 1.55. The van der Waals surface area contributed by atoms with Gasteiger partial charge >= 0.3 is 6.18 Å². The lowest BCUT2D eigenvalue weighted by Crippen LogP contribution is -2.57. The number of rotatable bonds is 20. The first kappa shape index (κ1) is 64.1. The second kappa shape index (κ2) is 27.7. The van der Waals surface area contributed by atoms with E-state index in [1.807, 2.05) is 61.9 Å². The van der Waals surface area contributed by atoms with E-state index in [9.17, 15) is 51.8 Å². The average molecular weight is 1220 g/mol. The van der Waals surface area contributed by atoms with Crippen LogP contribution in [0.2, 0.25) is 0 Å². The zero-order valence-electron chi connectivity index (χ0n) is 49.1. The number of H-pyrrole nitrogens is 1. The fourth-order valence-corrected chi connectivity index (χ4v) is 11.4. The van der Waals surface area contributed by atoms with Crippen LogP contribution in [0.3, 0.4) is 0 Å². The standard InChI is InChI=1S/C59H73F4N13O9S/c1-34-30-75(31-35(2)72(34)7)46-25-44(60)41(23-45(46)70-54(82)42-29-65-50(80)24-43(42)59(61,62)63)39-27-67-57(68-28-39)74-18-16-73(17-19-74)51(81)13-12-48(78)64-15-21-85-20-14-49(79)71-53(58(4,5)6)56(84)76-32-40(77)22-47(76)55(83)66-26-37-8-10-38(11-9-37)52-36(3)69-33-86-52/h8-11,23-25,27-29,33-35,40,47,53,77H,12-22,26,30-32H2,1-7H3,(H,64,78)(H,65,80)(H,66,83)(H,70,82)(H,71,79)/t34-,35+,40-,47+,53-/m1/s1. The van der Waals surface area contributed by atoms with Gasteiger partial charge in [-0.15, -0.1) is 11.3 Å². The van der Waals surface area contributed by atoms with E-state index in [1.54, 1.807) is 42.5 Å². The number of piperazine rings is 2. The number of hydrogen-bond acceptors (Lipinski definition) is 16. The summed E-state index contributed by atoms with van der Waals surface area (Å²) in [6.45, 7) is 13.7. The van der Waals surface area contributed by atoms with E-state index >= 15 is 4.39 Å². The van der Waals surface area contributed by atoms with Crippen molar-refractivity contribution in [1.82, 2.24) is 50.6 Å². The number of carbonyl (C=O) groups is 6. The fourth-order valence-electron chi connectivity index (χ4n) is 10.6. The van der Waals surface area contributed by atoms with E-state index in [0.717, 1.165) is 21.7 Å². The zero-order valence-corrected chi connectivity index (χ0v) is 49.9. The molecular weight excluding hydrogens is 1140 g/mol. The predicted octanol–water partition coefficient (Wildman–Crippen LogP) is 4.96. The first-order valence-electron chi connectivity index (χ1n) is 28.4. The number of carbonyl (C=O) groups excluding carboxylic acids is 6. The number of ether oxygens (including phenoxy) is 1. The molecule has 27 heteroatoms. The highest BCUT2D eigenvalue weighted by Gasteiger charge is 2.45. The molecule has 3 aromatic heterocycles. The molecule has 3 saturated heterocycles. The summed E-state index contributed by atoms with van der Waals surface area (Å²) < 4.78 is 63.8. The van der Waals surface area contributed by atoms with Crippen LogP contribution >= 0.6 is 11.3 Å². The minimum atomic E-state index is -5.02. The van der Waals surface area contributed by atoms with E-state index in [1.165, 1.54) is 29.4 Å². The number of aryl methyl sites for hydroxylation is 1. The van der Waals surface area contributed by atoms with Crippen LogP contribution in [0, 0.1) is 18.2 Å². The normalized spacial score (nSPS) is 18.8. The number of likely N-dealkylation sites (N-methyl/N-ethyl adjacent to an activating group) is 1. The maximum Gasteiger partial charge on any atom is 0.417 e.